The molecule has 0 radical (unpaired) electrons. The molecule has 0 aromatic heterocycles. The molecule has 0 saturated carbocycles. The molecule has 0 aliphatic rings. The van der Waals surface area contributed by atoms with E-state index in [-0.39, 0.29) is 5.75 Å². The van der Waals surface area contributed by atoms with Gasteiger partial charge in [0.25, 0.3) is 0 Å². The molecule has 0 rings (SSSR count). The van der Waals surface area contributed by atoms with Gasteiger partial charge in [-0.2, -0.15) is 12.6 Å². The van der Waals surface area contributed by atoms with Gasteiger partial charge in [-0.3, -0.25) is 4.79 Å². The molecular weight excluding hydrogens is 212 g/mol. The summed E-state index contributed by atoms with van der Waals surface area (Å²) in [6, 6.07) is -0.702. The topological polar surface area (TPSA) is 55.6 Å². The molecule has 0 amide bonds. The number of hydrogen-bond acceptors (Lipinski definition) is 5. The van der Waals surface area contributed by atoms with Gasteiger partial charge < -0.3 is 15.4 Å². The molecule has 13 heavy (non-hydrogen) atoms. The molecule has 0 spiro atoms. The molecule has 0 fully saturated rings. The van der Waals surface area contributed by atoms with E-state index in [0.717, 1.165) is 0 Å². The van der Waals surface area contributed by atoms with Gasteiger partial charge in [0.1, 0.15) is 6.04 Å². The second kappa shape index (κ2) is 6.48. The van der Waals surface area contributed by atoms with Crippen molar-refractivity contribution in [2.24, 2.45) is 5.73 Å². The van der Waals surface area contributed by atoms with E-state index >= 15 is 0 Å². The molecule has 4 nitrogen and oxygen atoms in total. The molecule has 6 heteroatoms. The van der Waals surface area contributed by atoms with Gasteiger partial charge in [-0.25, -0.2) is 0 Å². The molecule has 0 aromatic carbocycles. The van der Waals surface area contributed by atoms with Gasteiger partial charge in [-0.15, -0.1) is 0 Å². The normalized spacial score (nSPS) is 15.5. The van der Waals surface area contributed by atoms with Crippen LogP contribution in [-0.2, 0) is 9.53 Å². The summed E-state index contributed by atoms with van der Waals surface area (Å²) in [6.07, 6.45) is 0. The van der Waals surface area contributed by atoms with Crippen molar-refractivity contribution in [2.45, 2.75) is 11.6 Å². The predicted molar refractivity (Wildman–Crippen MR) is 56.1 cm³/mol. The Balaban J connectivity index is 3.77. The highest BCUT2D eigenvalue weighted by Gasteiger charge is 2.17. The Labute approximate surface area is 88.8 Å². The average Bonchev–Trinajstić information content (AvgIpc) is 2.01. The number of nitrogens with two attached hydrogens (primary N) is 1. The molecule has 1 unspecified atom stereocenters. The summed E-state index contributed by atoms with van der Waals surface area (Å²) in [6.45, 7) is 0.465. The molecule has 0 aromatic rings. The van der Waals surface area contributed by atoms with E-state index in [4.69, 9.17) is 22.1 Å². The Morgan fingerprint density at radius 1 is 1.69 bits per heavy atom. The van der Waals surface area contributed by atoms with E-state index in [1.165, 1.54) is 0 Å². The van der Waals surface area contributed by atoms with Gasteiger partial charge in [-0.05, 0) is 14.1 Å². The number of likely N-dealkylation sites (N-methyl/N-ethyl adjacent to an activating group) is 1. The number of nitrogens with zero attached hydrogens (tertiary/aromatic N) is 1. The van der Waals surface area contributed by atoms with Crippen LogP contribution in [0.2, 0.25) is 0 Å². The molecule has 2 N–H and O–H groups in total. The van der Waals surface area contributed by atoms with Crippen LogP contribution in [0.4, 0.5) is 0 Å². The first-order valence-electron chi connectivity index (χ1n) is 3.83. The SMILES string of the molecule is CN(C)CC(Cl)OC(=O)[C@@H](N)CS. The molecule has 2 atom stereocenters. The van der Waals surface area contributed by atoms with Crippen molar-refractivity contribution in [2.75, 3.05) is 26.4 Å². The fraction of sp³-hybridized carbons (Fsp3) is 0.857. The molecule has 0 aliphatic carbocycles. The Bertz CT molecular complexity index is 169. The quantitative estimate of drug-likeness (QED) is 0.391. The number of alkyl halides is 1. The first-order chi connectivity index (χ1) is 5.97. The van der Waals surface area contributed by atoms with Crippen molar-refractivity contribution < 1.29 is 9.53 Å². The van der Waals surface area contributed by atoms with Gasteiger partial charge in [0, 0.05) is 12.3 Å². The number of ether oxygens (including phenoxy) is 1. The first-order valence-corrected chi connectivity index (χ1v) is 4.90. The first kappa shape index (κ1) is 13.0. The minimum Gasteiger partial charge on any atom is -0.443 e. The minimum absolute atomic E-state index is 0.254. The Hall–Kier alpha value is 0.0300. The highest BCUT2D eigenvalue weighted by Crippen LogP contribution is 2.02. The number of carbonyl (C=O) groups is 1. The van der Waals surface area contributed by atoms with Crippen LogP contribution in [0.1, 0.15) is 0 Å². The van der Waals surface area contributed by atoms with E-state index in [0.29, 0.717) is 6.54 Å². The van der Waals surface area contributed by atoms with Crippen molar-refractivity contribution in [3.63, 3.8) is 0 Å². The summed E-state index contributed by atoms with van der Waals surface area (Å²) in [5.74, 6) is -0.262. The van der Waals surface area contributed by atoms with Crippen molar-refractivity contribution in [3.8, 4) is 0 Å². The van der Waals surface area contributed by atoms with E-state index < -0.39 is 17.6 Å². The number of carbonyl (C=O) groups excluding carboxylic acids is 1. The Morgan fingerprint density at radius 3 is 2.62 bits per heavy atom. The maximum Gasteiger partial charge on any atom is 0.325 e. The number of thiol groups is 1. The zero-order valence-corrected chi connectivity index (χ0v) is 9.39. The summed E-state index contributed by atoms with van der Waals surface area (Å²) in [4.78, 5) is 12.9. The molecule has 0 bridgehead atoms. The summed E-state index contributed by atoms with van der Waals surface area (Å²) >= 11 is 9.57. The summed E-state index contributed by atoms with van der Waals surface area (Å²) in [5.41, 5.74) is 4.71. The fourth-order valence-corrected chi connectivity index (χ4v) is 1.13. The number of rotatable bonds is 5. The zero-order chi connectivity index (χ0) is 10.4. The Kier molecular flexibility index (Phi) is 6.49. The van der Waals surface area contributed by atoms with E-state index in [2.05, 4.69) is 12.6 Å². The number of hydrogen-bond donors (Lipinski definition) is 2. The van der Waals surface area contributed by atoms with Gasteiger partial charge in [-0.1, -0.05) is 11.6 Å². The third kappa shape index (κ3) is 6.15. The molecular formula is C7H15ClN2O2S. The van der Waals surface area contributed by atoms with Crippen LogP contribution in [0, 0.1) is 0 Å². The van der Waals surface area contributed by atoms with Crippen molar-refractivity contribution in [1.82, 2.24) is 4.90 Å². The summed E-state index contributed by atoms with van der Waals surface area (Å²) in [5, 5.41) is 0. The monoisotopic (exact) mass is 226 g/mol. The molecule has 0 saturated heterocycles. The highest BCUT2D eigenvalue weighted by molar-refractivity contribution is 7.80. The second-order valence-electron chi connectivity index (χ2n) is 2.90. The van der Waals surface area contributed by atoms with Gasteiger partial charge in [0.05, 0.1) is 0 Å². The Morgan fingerprint density at radius 2 is 2.23 bits per heavy atom. The third-order valence-corrected chi connectivity index (χ3v) is 1.87. The average molecular weight is 227 g/mol. The predicted octanol–water partition coefficient (Wildman–Crippen LogP) is -0.0868. The van der Waals surface area contributed by atoms with Crippen molar-refractivity contribution in [1.29, 1.82) is 0 Å². The molecule has 0 aliphatic heterocycles. The van der Waals surface area contributed by atoms with Gasteiger partial charge in [0.15, 0.2) is 5.56 Å². The smallest absolute Gasteiger partial charge is 0.325 e. The third-order valence-electron chi connectivity index (χ3n) is 1.25. The lowest BCUT2D eigenvalue weighted by Gasteiger charge is -2.17. The van der Waals surface area contributed by atoms with Crippen LogP contribution in [0.5, 0.6) is 0 Å². The van der Waals surface area contributed by atoms with Crippen LogP contribution in [0.25, 0.3) is 0 Å². The summed E-state index contributed by atoms with van der Waals surface area (Å²) < 4.78 is 4.82. The van der Waals surface area contributed by atoms with Crippen molar-refractivity contribution in [3.05, 3.63) is 0 Å². The van der Waals surface area contributed by atoms with Crippen LogP contribution < -0.4 is 5.73 Å². The van der Waals surface area contributed by atoms with Crippen LogP contribution in [0.15, 0.2) is 0 Å². The lowest BCUT2D eigenvalue weighted by Crippen LogP contribution is -2.37. The van der Waals surface area contributed by atoms with Crippen LogP contribution in [-0.4, -0.2) is 48.9 Å². The minimum atomic E-state index is -0.702. The maximum atomic E-state index is 11.1. The number of halogens is 1. The highest BCUT2D eigenvalue weighted by atomic mass is 35.5. The summed E-state index contributed by atoms with van der Waals surface area (Å²) in [7, 11) is 3.67. The standard InChI is InChI=1S/C7H15ClN2O2S/c1-10(2)3-6(8)12-7(11)5(9)4-13/h5-6,13H,3-4,9H2,1-2H3/t5-,6?/m0/s1. The van der Waals surface area contributed by atoms with Gasteiger partial charge in [0.2, 0.25) is 0 Å². The van der Waals surface area contributed by atoms with Crippen molar-refractivity contribution >= 4 is 30.2 Å². The van der Waals surface area contributed by atoms with Crippen LogP contribution in [0.3, 0.4) is 0 Å². The second-order valence-corrected chi connectivity index (χ2v) is 3.75. The van der Waals surface area contributed by atoms with Crippen LogP contribution >= 0.6 is 24.2 Å². The molecule has 78 valence electrons. The maximum absolute atomic E-state index is 11.1. The zero-order valence-electron chi connectivity index (χ0n) is 7.74. The van der Waals surface area contributed by atoms with E-state index in [1.54, 1.807) is 0 Å². The molecule has 0 heterocycles. The fourth-order valence-electron chi connectivity index (χ4n) is 0.612. The lowest BCUT2D eigenvalue weighted by molar-refractivity contribution is -0.146. The van der Waals surface area contributed by atoms with E-state index in [1.807, 2.05) is 19.0 Å². The number of esters is 1. The lowest BCUT2D eigenvalue weighted by atomic mass is 10.4. The largest absolute Gasteiger partial charge is 0.443 e. The van der Waals surface area contributed by atoms with Gasteiger partial charge >= 0.3 is 5.97 Å². The van der Waals surface area contributed by atoms with E-state index in [9.17, 15) is 4.79 Å².